The van der Waals surface area contributed by atoms with E-state index in [1.807, 2.05) is 0 Å². The zero-order valence-corrected chi connectivity index (χ0v) is 13.1. The van der Waals surface area contributed by atoms with Crippen LogP contribution >= 0.6 is 11.3 Å². The Morgan fingerprint density at radius 2 is 2.10 bits per heavy atom. The zero-order chi connectivity index (χ0) is 14.2. The van der Waals surface area contributed by atoms with Gasteiger partial charge in [0.1, 0.15) is 0 Å². The van der Waals surface area contributed by atoms with E-state index in [1.165, 1.54) is 11.3 Å². The lowest BCUT2D eigenvalue weighted by Crippen LogP contribution is -2.35. The lowest BCUT2D eigenvalue weighted by atomic mass is 10.1. The molecule has 4 heteroatoms. The standard InChI is InChI=1S/C16H21N3S/c1-16(2,3)17-10-13-11-20-15(18-13)19-9-8-12-6-4-5-7-14(12)19/h4-7,11,17H,8-10H2,1-3H3. The fraction of sp³-hybridized carbons (Fsp3) is 0.438. The van der Waals surface area contributed by atoms with Crippen molar-refractivity contribution in [3.8, 4) is 0 Å². The van der Waals surface area contributed by atoms with Crippen molar-refractivity contribution in [1.29, 1.82) is 0 Å². The molecule has 20 heavy (non-hydrogen) atoms. The number of hydrogen-bond acceptors (Lipinski definition) is 4. The minimum atomic E-state index is 0.129. The summed E-state index contributed by atoms with van der Waals surface area (Å²) in [5.41, 5.74) is 4.00. The maximum atomic E-state index is 4.78. The second kappa shape index (κ2) is 5.19. The Morgan fingerprint density at radius 3 is 2.90 bits per heavy atom. The zero-order valence-electron chi connectivity index (χ0n) is 12.3. The summed E-state index contributed by atoms with van der Waals surface area (Å²) in [6, 6.07) is 8.62. The molecule has 1 aliphatic rings. The van der Waals surface area contributed by atoms with Gasteiger partial charge in [0, 0.05) is 29.7 Å². The highest BCUT2D eigenvalue weighted by Crippen LogP contribution is 2.35. The predicted octanol–water partition coefficient (Wildman–Crippen LogP) is 3.73. The van der Waals surface area contributed by atoms with Crippen LogP contribution in [0.5, 0.6) is 0 Å². The quantitative estimate of drug-likeness (QED) is 0.932. The van der Waals surface area contributed by atoms with Crippen molar-refractivity contribution in [2.24, 2.45) is 0 Å². The van der Waals surface area contributed by atoms with Gasteiger partial charge in [-0.05, 0) is 38.8 Å². The van der Waals surface area contributed by atoms with E-state index in [2.05, 4.69) is 60.6 Å². The Labute approximate surface area is 124 Å². The third kappa shape index (κ3) is 2.86. The number of rotatable bonds is 3. The van der Waals surface area contributed by atoms with E-state index in [0.29, 0.717) is 0 Å². The molecule has 0 bridgehead atoms. The number of para-hydroxylation sites is 1. The summed E-state index contributed by atoms with van der Waals surface area (Å²) in [7, 11) is 0. The normalized spacial score (nSPS) is 14.7. The van der Waals surface area contributed by atoms with Gasteiger partial charge in [0.05, 0.1) is 5.69 Å². The van der Waals surface area contributed by atoms with Gasteiger partial charge in [-0.1, -0.05) is 18.2 Å². The van der Waals surface area contributed by atoms with E-state index in [0.717, 1.165) is 30.3 Å². The summed E-state index contributed by atoms with van der Waals surface area (Å²) in [6.45, 7) is 8.40. The second-order valence-electron chi connectivity index (χ2n) is 6.26. The summed E-state index contributed by atoms with van der Waals surface area (Å²) in [5.74, 6) is 0. The Hall–Kier alpha value is -1.39. The number of thiazole rings is 1. The van der Waals surface area contributed by atoms with Crippen LogP contribution in [0.4, 0.5) is 10.8 Å². The van der Waals surface area contributed by atoms with Crippen LogP contribution in [0.1, 0.15) is 32.0 Å². The van der Waals surface area contributed by atoms with Crippen LogP contribution in [0.3, 0.4) is 0 Å². The highest BCUT2D eigenvalue weighted by atomic mass is 32.1. The predicted molar refractivity (Wildman–Crippen MR) is 85.9 cm³/mol. The summed E-state index contributed by atoms with van der Waals surface area (Å²) >= 11 is 1.74. The van der Waals surface area contributed by atoms with Crippen molar-refractivity contribution in [3.63, 3.8) is 0 Å². The highest BCUT2D eigenvalue weighted by Gasteiger charge is 2.22. The van der Waals surface area contributed by atoms with Crippen molar-refractivity contribution >= 4 is 22.2 Å². The fourth-order valence-electron chi connectivity index (χ4n) is 2.39. The molecule has 3 nitrogen and oxygen atoms in total. The molecule has 0 fully saturated rings. The molecule has 0 atom stereocenters. The molecule has 1 aliphatic heterocycles. The van der Waals surface area contributed by atoms with E-state index in [1.54, 1.807) is 11.3 Å². The number of anilines is 2. The summed E-state index contributed by atoms with van der Waals surface area (Å²) in [5, 5.41) is 6.76. The van der Waals surface area contributed by atoms with Gasteiger partial charge in [0.15, 0.2) is 5.13 Å². The highest BCUT2D eigenvalue weighted by molar-refractivity contribution is 7.13. The lowest BCUT2D eigenvalue weighted by molar-refractivity contribution is 0.422. The molecular weight excluding hydrogens is 266 g/mol. The first-order valence-corrected chi connectivity index (χ1v) is 7.96. The molecule has 0 amide bonds. The minimum Gasteiger partial charge on any atom is -0.317 e. The molecule has 0 spiro atoms. The third-order valence-corrected chi connectivity index (χ3v) is 4.37. The second-order valence-corrected chi connectivity index (χ2v) is 7.09. The van der Waals surface area contributed by atoms with Crippen molar-refractivity contribution in [2.75, 3.05) is 11.4 Å². The van der Waals surface area contributed by atoms with Crippen LogP contribution in [-0.4, -0.2) is 17.1 Å². The molecule has 1 aromatic carbocycles. The molecule has 0 saturated carbocycles. The van der Waals surface area contributed by atoms with Crippen LogP contribution in [0.2, 0.25) is 0 Å². The van der Waals surface area contributed by atoms with Gasteiger partial charge >= 0.3 is 0 Å². The van der Waals surface area contributed by atoms with Gasteiger partial charge in [-0.25, -0.2) is 4.98 Å². The summed E-state index contributed by atoms with van der Waals surface area (Å²) in [6.07, 6.45) is 1.12. The van der Waals surface area contributed by atoms with Gasteiger partial charge in [0.2, 0.25) is 0 Å². The molecule has 3 rings (SSSR count). The molecule has 2 aromatic rings. The minimum absolute atomic E-state index is 0.129. The van der Waals surface area contributed by atoms with Crippen LogP contribution in [0, 0.1) is 0 Å². The molecular formula is C16H21N3S. The first-order valence-electron chi connectivity index (χ1n) is 7.08. The first kappa shape index (κ1) is 13.6. The Kier molecular flexibility index (Phi) is 3.52. The SMILES string of the molecule is CC(C)(C)NCc1csc(N2CCc3ccccc32)n1. The van der Waals surface area contributed by atoms with Crippen molar-refractivity contribution in [2.45, 2.75) is 39.3 Å². The number of benzene rings is 1. The van der Waals surface area contributed by atoms with Crippen LogP contribution in [-0.2, 0) is 13.0 Å². The van der Waals surface area contributed by atoms with Crippen molar-refractivity contribution < 1.29 is 0 Å². The Morgan fingerprint density at radius 1 is 1.30 bits per heavy atom. The van der Waals surface area contributed by atoms with Gasteiger partial charge in [-0.3, -0.25) is 0 Å². The molecule has 1 aromatic heterocycles. The molecule has 0 aliphatic carbocycles. The third-order valence-electron chi connectivity index (χ3n) is 3.46. The number of aromatic nitrogens is 1. The Balaban J connectivity index is 1.75. The maximum Gasteiger partial charge on any atom is 0.190 e. The molecule has 2 heterocycles. The molecule has 0 radical (unpaired) electrons. The van der Waals surface area contributed by atoms with E-state index in [4.69, 9.17) is 4.98 Å². The molecule has 0 unspecified atom stereocenters. The average molecular weight is 287 g/mol. The number of nitrogens with zero attached hydrogens (tertiary/aromatic N) is 2. The van der Waals surface area contributed by atoms with Crippen molar-refractivity contribution in [1.82, 2.24) is 10.3 Å². The summed E-state index contributed by atoms with van der Waals surface area (Å²) in [4.78, 5) is 7.11. The van der Waals surface area contributed by atoms with E-state index >= 15 is 0 Å². The fourth-order valence-corrected chi connectivity index (χ4v) is 3.26. The maximum absolute atomic E-state index is 4.78. The van der Waals surface area contributed by atoms with E-state index < -0.39 is 0 Å². The van der Waals surface area contributed by atoms with Gasteiger partial charge in [-0.15, -0.1) is 11.3 Å². The van der Waals surface area contributed by atoms with E-state index in [9.17, 15) is 0 Å². The first-order chi connectivity index (χ1) is 9.53. The molecule has 0 saturated heterocycles. The van der Waals surface area contributed by atoms with Crippen molar-refractivity contribution in [3.05, 3.63) is 40.9 Å². The largest absolute Gasteiger partial charge is 0.317 e. The lowest BCUT2D eigenvalue weighted by Gasteiger charge is -2.19. The average Bonchev–Trinajstić information content (AvgIpc) is 3.01. The topological polar surface area (TPSA) is 28.2 Å². The van der Waals surface area contributed by atoms with Crippen LogP contribution in [0.15, 0.2) is 29.6 Å². The molecule has 106 valence electrons. The number of fused-ring (bicyclic) bond motifs is 1. The Bertz CT molecular complexity index is 598. The van der Waals surface area contributed by atoms with Gasteiger partial charge in [0.25, 0.3) is 0 Å². The smallest absolute Gasteiger partial charge is 0.190 e. The summed E-state index contributed by atoms with van der Waals surface area (Å²) < 4.78 is 0. The van der Waals surface area contributed by atoms with E-state index in [-0.39, 0.29) is 5.54 Å². The number of nitrogens with one attached hydrogen (secondary N) is 1. The van der Waals surface area contributed by atoms with Crippen LogP contribution < -0.4 is 10.2 Å². The van der Waals surface area contributed by atoms with Gasteiger partial charge < -0.3 is 10.2 Å². The monoisotopic (exact) mass is 287 g/mol. The van der Waals surface area contributed by atoms with Crippen LogP contribution in [0.25, 0.3) is 0 Å². The molecule has 1 N–H and O–H groups in total. The van der Waals surface area contributed by atoms with Gasteiger partial charge in [-0.2, -0.15) is 0 Å². The number of hydrogen-bond donors (Lipinski definition) is 1.